The summed E-state index contributed by atoms with van der Waals surface area (Å²) in [7, 11) is 0. The SMILES string of the molecule is Cc1noc(C)c1C1=CC2C(N=C1)NCC2C(=O)c1cccnc1. The number of Topliss-reactive ketones (excluding diaryl/α,β-unsaturated/α-hetero) is 1. The second kappa shape index (κ2) is 5.79. The number of hydrogen-bond acceptors (Lipinski definition) is 6. The van der Waals surface area contributed by atoms with Crippen LogP contribution in [0.1, 0.15) is 27.4 Å². The van der Waals surface area contributed by atoms with Gasteiger partial charge >= 0.3 is 0 Å². The van der Waals surface area contributed by atoms with Gasteiger partial charge in [0.25, 0.3) is 0 Å². The van der Waals surface area contributed by atoms with Crippen molar-refractivity contribution in [1.82, 2.24) is 15.5 Å². The summed E-state index contributed by atoms with van der Waals surface area (Å²) in [4.78, 5) is 21.5. The van der Waals surface area contributed by atoms with Crippen LogP contribution in [0.15, 0.2) is 40.1 Å². The fraction of sp³-hybridized carbons (Fsp3) is 0.333. The van der Waals surface area contributed by atoms with Crippen molar-refractivity contribution < 1.29 is 9.32 Å². The lowest BCUT2D eigenvalue weighted by atomic mass is 9.84. The molecule has 24 heavy (non-hydrogen) atoms. The number of aliphatic imine (C=N–C) groups is 1. The fourth-order valence-electron chi connectivity index (χ4n) is 3.54. The van der Waals surface area contributed by atoms with Crippen molar-refractivity contribution in [3.63, 3.8) is 0 Å². The largest absolute Gasteiger partial charge is 0.361 e. The van der Waals surface area contributed by atoms with E-state index >= 15 is 0 Å². The minimum atomic E-state index is -0.146. The number of aryl methyl sites for hydroxylation is 2. The Morgan fingerprint density at radius 3 is 2.96 bits per heavy atom. The number of pyridine rings is 1. The highest BCUT2D eigenvalue weighted by Gasteiger charge is 2.40. The number of rotatable bonds is 3. The van der Waals surface area contributed by atoms with Gasteiger partial charge in [-0.15, -0.1) is 0 Å². The third-order valence-corrected chi connectivity index (χ3v) is 4.73. The van der Waals surface area contributed by atoms with E-state index in [0.29, 0.717) is 12.1 Å². The van der Waals surface area contributed by atoms with E-state index in [0.717, 1.165) is 22.6 Å². The molecule has 4 rings (SSSR count). The molecule has 1 N–H and O–H groups in total. The minimum absolute atomic E-state index is 0.0198. The number of ketones is 1. The first-order chi connectivity index (χ1) is 11.6. The second-order valence-electron chi connectivity index (χ2n) is 6.24. The number of carbonyl (C=O) groups is 1. The molecule has 2 aliphatic rings. The van der Waals surface area contributed by atoms with Crippen molar-refractivity contribution in [2.75, 3.05) is 6.54 Å². The van der Waals surface area contributed by atoms with E-state index in [2.05, 4.69) is 26.5 Å². The van der Waals surface area contributed by atoms with E-state index < -0.39 is 0 Å². The average molecular weight is 322 g/mol. The summed E-state index contributed by atoms with van der Waals surface area (Å²) in [5.41, 5.74) is 3.42. The quantitative estimate of drug-likeness (QED) is 0.876. The number of nitrogens with zero attached hydrogens (tertiary/aromatic N) is 3. The number of aromatic nitrogens is 2. The topological polar surface area (TPSA) is 80.4 Å². The van der Waals surface area contributed by atoms with E-state index in [4.69, 9.17) is 4.52 Å². The zero-order chi connectivity index (χ0) is 16.7. The van der Waals surface area contributed by atoms with Crippen molar-refractivity contribution >= 4 is 17.6 Å². The van der Waals surface area contributed by atoms with Gasteiger partial charge in [0.05, 0.1) is 5.69 Å². The van der Waals surface area contributed by atoms with E-state index in [-0.39, 0.29) is 23.8 Å². The normalized spacial score (nSPS) is 25.4. The first kappa shape index (κ1) is 15.0. The number of allylic oxidation sites excluding steroid dienone is 1. The molecule has 4 heterocycles. The Kier molecular flexibility index (Phi) is 3.61. The molecule has 3 unspecified atom stereocenters. The van der Waals surface area contributed by atoms with Crippen LogP contribution in [0.5, 0.6) is 0 Å². The van der Waals surface area contributed by atoms with Crippen LogP contribution in [0.2, 0.25) is 0 Å². The maximum absolute atomic E-state index is 12.8. The highest BCUT2D eigenvalue weighted by Crippen LogP contribution is 2.34. The molecule has 0 spiro atoms. The van der Waals surface area contributed by atoms with Crippen molar-refractivity contribution in [2.45, 2.75) is 20.0 Å². The molecular formula is C18H18N4O2. The number of carbonyl (C=O) groups excluding carboxylic acids is 1. The Balaban J connectivity index is 1.67. The molecule has 2 aromatic heterocycles. The molecule has 0 amide bonds. The summed E-state index contributed by atoms with van der Waals surface area (Å²) in [6.07, 6.45) is 7.22. The van der Waals surface area contributed by atoms with E-state index in [9.17, 15) is 4.79 Å². The van der Waals surface area contributed by atoms with Gasteiger partial charge < -0.3 is 4.52 Å². The predicted octanol–water partition coefficient (Wildman–Crippen LogP) is 2.20. The van der Waals surface area contributed by atoms with Crippen LogP contribution in [0.3, 0.4) is 0 Å². The summed E-state index contributed by atoms with van der Waals surface area (Å²) in [5, 5.41) is 7.34. The molecule has 1 fully saturated rings. The Labute approximate surface area is 139 Å². The highest BCUT2D eigenvalue weighted by atomic mass is 16.5. The lowest BCUT2D eigenvalue weighted by Crippen LogP contribution is -2.28. The Morgan fingerprint density at radius 1 is 1.38 bits per heavy atom. The maximum Gasteiger partial charge on any atom is 0.169 e. The van der Waals surface area contributed by atoms with Gasteiger partial charge in [-0.25, -0.2) is 0 Å². The smallest absolute Gasteiger partial charge is 0.169 e. The Bertz CT molecular complexity index is 818. The molecule has 0 saturated carbocycles. The van der Waals surface area contributed by atoms with Crippen LogP contribution in [-0.2, 0) is 0 Å². The van der Waals surface area contributed by atoms with E-state index in [1.54, 1.807) is 18.5 Å². The zero-order valence-corrected chi connectivity index (χ0v) is 13.6. The predicted molar refractivity (Wildman–Crippen MR) is 89.8 cm³/mol. The first-order valence-corrected chi connectivity index (χ1v) is 8.01. The summed E-state index contributed by atoms with van der Waals surface area (Å²) >= 11 is 0. The average Bonchev–Trinajstić information content (AvgIpc) is 3.17. The van der Waals surface area contributed by atoms with Crippen LogP contribution in [0.4, 0.5) is 0 Å². The van der Waals surface area contributed by atoms with Crippen molar-refractivity contribution in [2.24, 2.45) is 16.8 Å². The molecule has 2 aromatic rings. The summed E-state index contributed by atoms with van der Waals surface area (Å²) in [6, 6.07) is 3.60. The van der Waals surface area contributed by atoms with Crippen LogP contribution in [0.25, 0.3) is 5.57 Å². The van der Waals surface area contributed by atoms with Gasteiger partial charge in [-0.05, 0) is 26.0 Å². The fourth-order valence-corrected chi connectivity index (χ4v) is 3.54. The summed E-state index contributed by atoms with van der Waals surface area (Å²) in [5.74, 6) is 0.748. The van der Waals surface area contributed by atoms with Gasteiger partial charge in [0.1, 0.15) is 11.9 Å². The van der Waals surface area contributed by atoms with E-state index in [1.807, 2.05) is 26.1 Å². The zero-order valence-electron chi connectivity index (χ0n) is 13.6. The lowest BCUT2D eigenvalue weighted by molar-refractivity contribution is 0.0910. The molecule has 6 nitrogen and oxygen atoms in total. The number of dihydropyridines is 1. The molecule has 0 bridgehead atoms. The number of hydrogen-bond donors (Lipinski definition) is 1. The molecule has 0 aliphatic carbocycles. The third kappa shape index (κ3) is 2.39. The summed E-state index contributed by atoms with van der Waals surface area (Å²) < 4.78 is 5.26. The van der Waals surface area contributed by atoms with Crippen LogP contribution in [0, 0.1) is 25.7 Å². The number of fused-ring (bicyclic) bond motifs is 1. The molecule has 3 atom stereocenters. The summed E-state index contributed by atoms with van der Waals surface area (Å²) in [6.45, 7) is 4.42. The monoisotopic (exact) mass is 322 g/mol. The van der Waals surface area contributed by atoms with Crippen LogP contribution >= 0.6 is 0 Å². The Morgan fingerprint density at radius 2 is 2.25 bits per heavy atom. The van der Waals surface area contributed by atoms with Crippen molar-refractivity contribution in [3.8, 4) is 0 Å². The molecule has 122 valence electrons. The van der Waals surface area contributed by atoms with Crippen molar-refractivity contribution in [3.05, 3.63) is 53.2 Å². The second-order valence-corrected chi connectivity index (χ2v) is 6.24. The molecule has 0 radical (unpaired) electrons. The third-order valence-electron chi connectivity index (χ3n) is 4.73. The van der Waals surface area contributed by atoms with Gasteiger partial charge in [0.2, 0.25) is 0 Å². The van der Waals surface area contributed by atoms with Crippen LogP contribution in [-0.4, -0.2) is 34.8 Å². The van der Waals surface area contributed by atoms with Crippen molar-refractivity contribution in [1.29, 1.82) is 0 Å². The standard InChI is InChI=1S/C18H18N4O2/c1-10-16(11(2)24-22-10)13-6-14-15(9-21-18(14)20-8-13)17(23)12-4-3-5-19-7-12/h3-8,14-15,18,21H,9H2,1-2H3. The number of nitrogens with one attached hydrogen (secondary N) is 1. The minimum Gasteiger partial charge on any atom is -0.361 e. The lowest BCUT2D eigenvalue weighted by Gasteiger charge is -2.22. The Hall–Kier alpha value is -2.60. The molecular weight excluding hydrogens is 304 g/mol. The van der Waals surface area contributed by atoms with Gasteiger partial charge in [0, 0.05) is 53.7 Å². The van der Waals surface area contributed by atoms with Gasteiger partial charge in [-0.1, -0.05) is 11.2 Å². The van der Waals surface area contributed by atoms with Crippen LogP contribution < -0.4 is 5.32 Å². The highest BCUT2D eigenvalue weighted by molar-refractivity contribution is 6.11. The molecule has 1 saturated heterocycles. The first-order valence-electron chi connectivity index (χ1n) is 8.01. The molecule has 0 aromatic carbocycles. The molecule has 6 heteroatoms. The van der Waals surface area contributed by atoms with Gasteiger partial charge in [-0.3, -0.25) is 20.1 Å². The van der Waals surface area contributed by atoms with E-state index in [1.165, 1.54) is 0 Å². The maximum atomic E-state index is 12.8. The van der Waals surface area contributed by atoms with Gasteiger partial charge in [0.15, 0.2) is 5.78 Å². The molecule has 2 aliphatic heterocycles. The van der Waals surface area contributed by atoms with Gasteiger partial charge in [-0.2, -0.15) is 0 Å².